The molecule has 0 bridgehead atoms. The zero-order chi connectivity index (χ0) is 37.5. The lowest BCUT2D eigenvalue weighted by molar-refractivity contribution is -0.143. The molecule has 4 aromatic rings. The molecular formula is C40H38F6N4O3. The number of fused-ring (bicyclic) bond motifs is 2. The Kier molecular flexibility index (Phi) is 9.96. The van der Waals surface area contributed by atoms with Crippen LogP contribution in [0.3, 0.4) is 0 Å². The molecule has 3 aromatic carbocycles. The lowest BCUT2D eigenvalue weighted by Gasteiger charge is -2.45. The molecule has 4 heterocycles. The quantitative estimate of drug-likeness (QED) is 0.153. The molecule has 3 aliphatic rings. The summed E-state index contributed by atoms with van der Waals surface area (Å²) in [6, 6.07) is 18.2. The van der Waals surface area contributed by atoms with Gasteiger partial charge in [-0.25, -0.2) is 9.78 Å². The van der Waals surface area contributed by atoms with Crippen molar-refractivity contribution in [3.63, 3.8) is 0 Å². The van der Waals surface area contributed by atoms with Crippen LogP contribution in [0.25, 0.3) is 5.57 Å². The van der Waals surface area contributed by atoms with Gasteiger partial charge in [0.2, 0.25) is 0 Å². The first kappa shape index (κ1) is 36.4. The summed E-state index contributed by atoms with van der Waals surface area (Å²) in [5, 5.41) is 0. The number of ether oxygens (including phenoxy) is 1. The molecule has 0 aliphatic carbocycles. The Hall–Kier alpha value is -4.91. The molecular weight excluding hydrogens is 698 g/mol. The van der Waals surface area contributed by atoms with E-state index in [1.165, 1.54) is 23.1 Å². The highest BCUT2D eigenvalue weighted by atomic mass is 19.4. The molecule has 53 heavy (non-hydrogen) atoms. The monoisotopic (exact) mass is 736 g/mol. The van der Waals surface area contributed by atoms with Crippen molar-refractivity contribution in [1.29, 1.82) is 0 Å². The second kappa shape index (κ2) is 14.5. The maximum Gasteiger partial charge on any atom is 0.416 e. The number of hydrogen-bond acceptors (Lipinski definition) is 5. The highest BCUT2D eigenvalue weighted by molar-refractivity contribution is 5.95. The minimum absolute atomic E-state index is 0.0425. The minimum Gasteiger partial charge on any atom is -0.464 e. The fourth-order valence-electron chi connectivity index (χ4n) is 8.11. The molecule has 1 aromatic heterocycles. The molecule has 278 valence electrons. The van der Waals surface area contributed by atoms with Crippen LogP contribution in [0.1, 0.15) is 80.2 Å². The number of piperidine rings is 2. The number of aryl methyl sites for hydroxylation is 1. The lowest BCUT2D eigenvalue weighted by atomic mass is 9.87. The summed E-state index contributed by atoms with van der Waals surface area (Å²) in [7, 11) is 1.35. The van der Waals surface area contributed by atoms with Crippen molar-refractivity contribution in [1.82, 2.24) is 19.4 Å². The van der Waals surface area contributed by atoms with Crippen molar-refractivity contribution in [3.05, 3.63) is 129 Å². The first-order chi connectivity index (χ1) is 25.3. The topological polar surface area (TPSA) is 67.7 Å². The van der Waals surface area contributed by atoms with Gasteiger partial charge in [0.1, 0.15) is 11.5 Å². The van der Waals surface area contributed by atoms with Crippen LogP contribution in [0.2, 0.25) is 0 Å². The van der Waals surface area contributed by atoms with Crippen LogP contribution < -0.4 is 0 Å². The second-order valence-electron chi connectivity index (χ2n) is 13.8. The Labute approximate surface area is 302 Å². The van der Waals surface area contributed by atoms with Gasteiger partial charge in [-0.15, -0.1) is 0 Å². The molecule has 0 radical (unpaired) electrons. The summed E-state index contributed by atoms with van der Waals surface area (Å²) in [4.78, 5) is 35.0. The van der Waals surface area contributed by atoms with E-state index in [0.717, 1.165) is 41.8 Å². The number of halogens is 6. The molecule has 13 heteroatoms. The number of imidazole rings is 1. The van der Waals surface area contributed by atoms with E-state index in [1.807, 2.05) is 47.0 Å². The van der Waals surface area contributed by atoms with Crippen molar-refractivity contribution in [2.45, 2.75) is 69.5 Å². The number of esters is 1. The maximum atomic E-state index is 13.9. The predicted molar refractivity (Wildman–Crippen MR) is 185 cm³/mol. The third kappa shape index (κ3) is 7.49. The first-order valence-electron chi connectivity index (χ1n) is 17.6. The van der Waals surface area contributed by atoms with Crippen molar-refractivity contribution >= 4 is 17.4 Å². The molecule has 2 atom stereocenters. The molecule has 0 saturated carbocycles. The van der Waals surface area contributed by atoms with Crippen LogP contribution in [-0.4, -0.2) is 70.1 Å². The Morgan fingerprint density at radius 2 is 1.49 bits per heavy atom. The van der Waals surface area contributed by atoms with Crippen molar-refractivity contribution in [2.24, 2.45) is 0 Å². The summed E-state index contributed by atoms with van der Waals surface area (Å²) in [6.45, 7) is 2.19. The SMILES string of the molecule is COC(=O)c1cnc2n1CCc1ccccc1C2=C1CCN([C@H]2CCN(C(=O)c3cc(C(F)(F)F)cc(C(F)(F)F)c3)[C@@H](Cc3ccccc3)C2)CC1. The van der Waals surface area contributed by atoms with Gasteiger partial charge < -0.3 is 14.2 Å². The van der Waals surface area contributed by atoms with Gasteiger partial charge in [-0.3, -0.25) is 9.69 Å². The van der Waals surface area contributed by atoms with Gasteiger partial charge in [0.05, 0.1) is 24.4 Å². The van der Waals surface area contributed by atoms with Gasteiger partial charge in [0.15, 0.2) is 0 Å². The van der Waals surface area contributed by atoms with Crippen LogP contribution in [0, 0.1) is 0 Å². The van der Waals surface area contributed by atoms with Crippen molar-refractivity contribution in [2.75, 3.05) is 26.7 Å². The zero-order valence-electron chi connectivity index (χ0n) is 29.0. The number of carbonyl (C=O) groups is 2. The smallest absolute Gasteiger partial charge is 0.416 e. The van der Waals surface area contributed by atoms with Crippen molar-refractivity contribution in [3.8, 4) is 0 Å². The van der Waals surface area contributed by atoms with E-state index in [0.29, 0.717) is 56.7 Å². The number of aromatic nitrogens is 2. The number of benzene rings is 3. The number of amides is 1. The van der Waals surface area contributed by atoms with Crippen LogP contribution in [0.15, 0.2) is 84.6 Å². The molecule has 1 amide bonds. The molecule has 0 N–H and O–H groups in total. The third-order valence-corrected chi connectivity index (χ3v) is 10.7. The Morgan fingerprint density at radius 1 is 0.830 bits per heavy atom. The summed E-state index contributed by atoms with van der Waals surface area (Å²) in [5.41, 5.74) is 2.17. The minimum atomic E-state index is -5.06. The predicted octanol–water partition coefficient (Wildman–Crippen LogP) is 8.08. The molecule has 7 rings (SSSR count). The normalized spacial score (nSPS) is 19.7. The van der Waals surface area contributed by atoms with E-state index in [-0.39, 0.29) is 18.7 Å². The third-order valence-electron chi connectivity index (χ3n) is 10.7. The van der Waals surface area contributed by atoms with Gasteiger partial charge in [-0.05, 0) is 73.4 Å². The summed E-state index contributed by atoms with van der Waals surface area (Å²) in [6.07, 6.45) is -4.93. The molecule has 0 spiro atoms. The fraction of sp³-hybridized carbons (Fsp3) is 0.375. The average molecular weight is 737 g/mol. The maximum absolute atomic E-state index is 13.9. The van der Waals surface area contributed by atoms with Crippen LogP contribution in [0.4, 0.5) is 26.3 Å². The number of methoxy groups -OCH3 is 1. The Balaban J connectivity index is 1.15. The van der Waals surface area contributed by atoms with Gasteiger partial charge in [-0.1, -0.05) is 60.2 Å². The first-order valence-corrected chi connectivity index (χ1v) is 17.6. The van der Waals surface area contributed by atoms with Gasteiger partial charge in [0, 0.05) is 49.4 Å². The van der Waals surface area contributed by atoms with E-state index in [1.54, 1.807) is 6.20 Å². The summed E-state index contributed by atoms with van der Waals surface area (Å²) < 4.78 is 89.2. The van der Waals surface area contributed by atoms with E-state index >= 15 is 0 Å². The summed E-state index contributed by atoms with van der Waals surface area (Å²) in [5.74, 6) is -0.560. The Bertz CT molecular complexity index is 2000. The number of carbonyl (C=O) groups excluding carboxylic acids is 2. The standard InChI is InChI=1S/C40H38F6N4O3/c1-53-38(52)34-24-47-36-35(33-10-6-5-9-26(33)13-17-50(34)36)27-11-15-48(16-12-27)31-14-18-49(32(23-31)19-25-7-3-2-4-8-25)37(51)28-20-29(39(41,42)43)22-30(21-28)40(44,45)46/h2-10,20-22,24,31-32H,11-19,23H2,1H3/t31-,32-/m0/s1. The molecule has 7 nitrogen and oxygen atoms in total. The lowest BCUT2D eigenvalue weighted by Crippen LogP contribution is -2.53. The van der Waals surface area contributed by atoms with E-state index in [4.69, 9.17) is 9.72 Å². The number of hydrogen-bond donors (Lipinski definition) is 0. The van der Waals surface area contributed by atoms with Gasteiger partial charge in [-0.2, -0.15) is 26.3 Å². The van der Waals surface area contributed by atoms with Crippen LogP contribution in [-0.2, 0) is 36.5 Å². The molecule has 2 saturated heterocycles. The average Bonchev–Trinajstić information content (AvgIpc) is 3.49. The highest BCUT2D eigenvalue weighted by Gasteiger charge is 2.40. The van der Waals surface area contributed by atoms with Gasteiger partial charge >= 0.3 is 18.3 Å². The number of likely N-dealkylation sites (tertiary alicyclic amines) is 2. The zero-order valence-corrected chi connectivity index (χ0v) is 29.0. The van der Waals surface area contributed by atoms with Gasteiger partial charge in [0.25, 0.3) is 5.91 Å². The molecule has 0 unspecified atom stereocenters. The second-order valence-corrected chi connectivity index (χ2v) is 13.8. The Morgan fingerprint density at radius 3 is 2.15 bits per heavy atom. The number of nitrogens with zero attached hydrogens (tertiary/aromatic N) is 4. The fourth-order valence-corrected chi connectivity index (χ4v) is 8.11. The van der Waals surface area contributed by atoms with E-state index < -0.39 is 47.0 Å². The number of rotatable bonds is 5. The van der Waals surface area contributed by atoms with Crippen molar-refractivity contribution < 1.29 is 40.7 Å². The van der Waals surface area contributed by atoms with Crippen LogP contribution in [0.5, 0.6) is 0 Å². The number of alkyl halides is 6. The molecule has 2 fully saturated rings. The van der Waals surface area contributed by atoms with E-state index in [9.17, 15) is 35.9 Å². The summed E-state index contributed by atoms with van der Waals surface area (Å²) >= 11 is 0. The highest BCUT2D eigenvalue weighted by Crippen LogP contribution is 2.39. The van der Waals surface area contributed by atoms with E-state index in [2.05, 4.69) is 17.0 Å². The van der Waals surface area contributed by atoms with Crippen LogP contribution >= 0.6 is 0 Å². The largest absolute Gasteiger partial charge is 0.464 e. The molecule has 3 aliphatic heterocycles.